The van der Waals surface area contributed by atoms with Crippen molar-refractivity contribution in [3.63, 3.8) is 0 Å². The maximum Gasteiger partial charge on any atom is 0.170 e. The van der Waals surface area contributed by atoms with Crippen LogP contribution in [0.25, 0.3) is 0 Å². The number of hydrogen-bond donors (Lipinski definition) is 1. The molecule has 5 rings (SSSR count). The standard InChI is InChI=1S/C26H32N6OS/c1-19-17-22(20(2)32(19)18-21-6-9-27-10-7-21)25-24(23-5-3-4-8-28-23)29-26(34)31(25)12-11-30-13-15-33-16-14-30/h3-10,17,24-25H,11-16,18H2,1-2H3,(H,29,34)/t24-,25+/m0/s1. The van der Waals surface area contributed by atoms with Gasteiger partial charge in [0.05, 0.1) is 31.0 Å². The van der Waals surface area contributed by atoms with E-state index in [0.29, 0.717) is 0 Å². The lowest BCUT2D eigenvalue weighted by molar-refractivity contribution is 0.0350. The Bertz CT molecular complexity index is 1110. The van der Waals surface area contributed by atoms with Gasteiger partial charge in [0.15, 0.2) is 5.11 Å². The fourth-order valence-electron chi connectivity index (χ4n) is 5.10. The number of aryl methyl sites for hydroxylation is 1. The first-order valence-electron chi connectivity index (χ1n) is 12.0. The molecule has 34 heavy (non-hydrogen) atoms. The molecule has 2 aliphatic heterocycles. The van der Waals surface area contributed by atoms with E-state index >= 15 is 0 Å². The molecule has 3 aromatic rings. The predicted octanol–water partition coefficient (Wildman–Crippen LogP) is 3.25. The monoisotopic (exact) mass is 476 g/mol. The van der Waals surface area contributed by atoms with Gasteiger partial charge in [-0.15, -0.1) is 0 Å². The molecule has 8 heteroatoms. The molecule has 178 valence electrons. The van der Waals surface area contributed by atoms with E-state index in [-0.39, 0.29) is 12.1 Å². The van der Waals surface area contributed by atoms with Crippen LogP contribution < -0.4 is 5.32 Å². The van der Waals surface area contributed by atoms with Crippen LogP contribution in [0.15, 0.2) is 55.0 Å². The van der Waals surface area contributed by atoms with E-state index in [9.17, 15) is 0 Å². The number of morpholine rings is 1. The van der Waals surface area contributed by atoms with Crippen molar-refractivity contribution in [2.24, 2.45) is 0 Å². The Kier molecular flexibility index (Phi) is 6.89. The molecule has 3 aromatic heterocycles. The van der Waals surface area contributed by atoms with E-state index in [1.54, 1.807) is 0 Å². The summed E-state index contributed by atoms with van der Waals surface area (Å²) in [6.45, 7) is 10.6. The third kappa shape index (κ3) is 4.71. The number of thiocarbonyl (C=S) groups is 1. The van der Waals surface area contributed by atoms with Gasteiger partial charge in [-0.25, -0.2) is 0 Å². The van der Waals surface area contributed by atoms with Gasteiger partial charge in [0.25, 0.3) is 0 Å². The van der Waals surface area contributed by atoms with Crippen LogP contribution in [-0.4, -0.2) is 68.8 Å². The van der Waals surface area contributed by atoms with Crippen LogP contribution in [0.2, 0.25) is 0 Å². The molecule has 0 radical (unpaired) electrons. The van der Waals surface area contributed by atoms with E-state index in [0.717, 1.165) is 56.7 Å². The van der Waals surface area contributed by atoms with Gasteiger partial charge in [0, 0.05) is 62.7 Å². The lowest BCUT2D eigenvalue weighted by atomic mass is 9.96. The van der Waals surface area contributed by atoms with Crippen molar-refractivity contribution in [1.82, 2.24) is 29.7 Å². The van der Waals surface area contributed by atoms with Gasteiger partial charge in [0.1, 0.15) is 0 Å². The minimum absolute atomic E-state index is 0.00765. The number of pyridine rings is 2. The van der Waals surface area contributed by atoms with Crippen LogP contribution >= 0.6 is 12.2 Å². The second kappa shape index (κ2) is 10.2. The Morgan fingerprint density at radius 2 is 1.85 bits per heavy atom. The second-order valence-corrected chi connectivity index (χ2v) is 9.43. The smallest absolute Gasteiger partial charge is 0.170 e. The number of nitrogens with zero attached hydrogens (tertiary/aromatic N) is 5. The van der Waals surface area contributed by atoms with Crippen molar-refractivity contribution in [1.29, 1.82) is 0 Å². The summed E-state index contributed by atoms with van der Waals surface area (Å²) in [5.74, 6) is 0. The molecule has 0 bridgehead atoms. The number of ether oxygens (including phenoxy) is 1. The Balaban J connectivity index is 1.47. The van der Waals surface area contributed by atoms with Crippen LogP contribution in [0.4, 0.5) is 0 Å². The first-order valence-corrected chi connectivity index (χ1v) is 12.4. The number of hydrogen-bond acceptors (Lipinski definition) is 5. The number of rotatable bonds is 7. The molecule has 0 aromatic carbocycles. The zero-order valence-corrected chi connectivity index (χ0v) is 20.7. The maximum absolute atomic E-state index is 5.88. The molecule has 0 unspecified atom stereocenters. The van der Waals surface area contributed by atoms with Gasteiger partial charge >= 0.3 is 0 Å². The van der Waals surface area contributed by atoms with Crippen molar-refractivity contribution < 1.29 is 4.74 Å². The predicted molar refractivity (Wildman–Crippen MR) is 137 cm³/mol. The first kappa shape index (κ1) is 23.0. The van der Waals surface area contributed by atoms with Gasteiger partial charge in [0.2, 0.25) is 0 Å². The lowest BCUT2D eigenvalue weighted by Gasteiger charge is -2.32. The average Bonchev–Trinajstić information content (AvgIpc) is 3.35. The largest absolute Gasteiger partial charge is 0.379 e. The van der Waals surface area contributed by atoms with E-state index in [1.165, 1.54) is 22.5 Å². The lowest BCUT2D eigenvalue weighted by Crippen LogP contribution is -2.42. The highest BCUT2D eigenvalue weighted by atomic mass is 32.1. The van der Waals surface area contributed by atoms with Gasteiger partial charge in [-0.2, -0.15) is 0 Å². The molecular formula is C26H32N6OS. The molecule has 0 spiro atoms. The molecule has 2 fully saturated rings. The van der Waals surface area contributed by atoms with Crippen molar-refractivity contribution >= 4 is 17.3 Å². The highest BCUT2D eigenvalue weighted by Crippen LogP contribution is 2.40. The topological polar surface area (TPSA) is 58.5 Å². The summed E-state index contributed by atoms with van der Waals surface area (Å²) < 4.78 is 7.92. The normalized spacial score (nSPS) is 21.1. The molecule has 0 aliphatic carbocycles. The summed E-state index contributed by atoms with van der Waals surface area (Å²) in [4.78, 5) is 13.7. The molecule has 0 saturated carbocycles. The Morgan fingerprint density at radius 1 is 1.06 bits per heavy atom. The summed E-state index contributed by atoms with van der Waals surface area (Å²) >= 11 is 5.88. The van der Waals surface area contributed by atoms with E-state index < -0.39 is 0 Å². The SMILES string of the molecule is Cc1cc([C@@H]2[C@H](c3ccccn3)NC(=S)N2CCN2CCOCC2)c(C)n1Cc1ccncc1. The maximum atomic E-state index is 5.88. The van der Waals surface area contributed by atoms with Gasteiger partial charge in [-0.1, -0.05) is 6.07 Å². The molecule has 2 saturated heterocycles. The zero-order valence-electron chi connectivity index (χ0n) is 19.9. The fourth-order valence-corrected chi connectivity index (χ4v) is 5.43. The minimum atomic E-state index is 0.00765. The van der Waals surface area contributed by atoms with E-state index in [2.05, 4.69) is 62.8 Å². The number of nitrogens with one attached hydrogen (secondary N) is 1. The Morgan fingerprint density at radius 3 is 2.59 bits per heavy atom. The molecule has 1 N–H and O–H groups in total. The van der Waals surface area contributed by atoms with Crippen LogP contribution in [0.3, 0.4) is 0 Å². The van der Waals surface area contributed by atoms with Crippen molar-refractivity contribution in [3.8, 4) is 0 Å². The number of aromatic nitrogens is 3. The highest BCUT2D eigenvalue weighted by Gasteiger charge is 2.41. The van der Waals surface area contributed by atoms with Crippen molar-refractivity contribution in [2.45, 2.75) is 32.5 Å². The van der Waals surface area contributed by atoms with Crippen LogP contribution in [0, 0.1) is 13.8 Å². The zero-order chi connectivity index (χ0) is 23.5. The van der Waals surface area contributed by atoms with Crippen molar-refractivity contribution in [2.75, 3.05) is 39.4 Å². The Hall–Kier alpha value is -2.81. The fraction of sp³-hybridized carbons (Fsp3) is 0.423. The molecule has 2 aliphatic rings. The average molecular weight is 477 g/mol. The Labute approximate surface area is 206 Å². The summed E-state index contributed by atoms with van der Waals surface area (Å²) in [5, 5.41) is 4.40. The van der Waals surface area contributed by atoms with Crippen LogP contribution in [0.1, 0.15) is 40.3 Å². The van der Waals surface area contributed by atoms with E-state index in [1.807, 2.05) is 30.7 Å². The summed E-state index contributed by atoms with van der Waals surface area (Å²) in [7, 11) is 0. The van der Waals surface area contributed by atoms with Gasteiger partial charge in [-0.05, 0) is 67.5 Å². The molecular weight excluding hydrogens is 444 g/mol. The van der Waals surface area contributed by atoms with Gasteiger partial charge in [-0.3, -0.25) is 14.9 Å². The first-order chi connectivity index (χ1) is 16.6. The quantitative estimate of drug-likeness (QED) is 0.526. The van der Waals surface area contributed by atoms with Gasteiger partial charge < -0.3 is 19.5 Å². The molecule has 0 amide bonds. The minimum Gasteiger partial charge on any atom is -0.379 e. The van der Waals surface area contributed by atoms with Crippen LogP contribution in [-0.2, 0) is 11.3 Å². The third-order valence-corrected chi connectivity index (χ3v) is 7.33. The highest BCUT2D eigenvalue weighted by molar-refractivity contribution is 7.80. The summed E-state index contributed by atoms with van der Waals surface area (Å²) in [5.41, 5.74) is 6.08. The third-order valence-electron chi connectivity index (χ3n) is 6.98. The summed E-state index contributed by atoms with van der Waals surface area (Å²) in [6.07, 6.45) is 5.57. The molecule has 5 heterocycles. The summed E-state index contributed by atoms with van der Waals surface area (Å²) in [6, 6.07) is 12.7. The van der Waals surface area contributed by atoms with Crippen LogP contribution in [0.5, 0.6) is 0 Å². The van der Waals surface area contributed by atoms with Crippen molar-refractivity contribution in [3.05, 3.63) is 83.2 Å². The second-order valence-electron chi connectivity index (χ2n) is 9.04. The molecule has 2 atom stereocenters. The molecule has 7 nitrogen and oxygen atoms in total. The van der Waals surface area contributed by atoms with E-state index in [4.69, 9.17) is 21.9 Å².